The van der Waals surface area contributed by atoms with E-state index < -0.39 is 0 Å². The molecule has 1 aromatic carbocycles. The van der Waals surface area contributed by atoms with Crippen molar-refractivity contribution in [2.45, 2.75) is 20.1 Å². The van der Waals surface area contributed by atoms with E-state index in [-0.39, 0.29) is 0 Å². The van der Waals surface area contributed by atoms with Gasteiger partial charge in [-0.15, -0.1) is 0 Å². The van der Waals surface area contributed by atoms with Gasteiger partial charge in [0.15, 0.2) is 0 Å². The van der Waals surface area contributed by atoms with Crippen LogP contribution in [0.4, 0.5) is 0 Å². The summed E-state index contributed by atoms with van der Waals surface area (Å²) < 4.78 is 5.67. The maximum Gasteiger partial charge on any atom is 0.213 e. The van der Waals surface area contributed by atoms with Crippen molar-refractivity contribution in [2.24, 2.45) is 0 Å². The molecule has 100 valence electrons. The van der Waals surface area contributed by atoms with Gasteiger partial charge in [-0.2, -0.15) is 0 Å². The number of benzene rings is 1. The van der Waals surface area contributed by atoms with Gasteiger partial charge in [-0.1, -0.05) is 42.8 Å². The molecule has 0 fully saturated rings. The molecule has 0 bridgehead atoms. The molecule has 0 amide bonds. The molecular weight excluding hydrogens is 260 g/mol. The molecule has 1 N–H and O–H groups in total. The van der Waals surface area contributed by atoms with E-state index in [4.69, 9.17) is 16.3 Å². The van der Waals surface area contributed by atoms with E-state index in [9.17, 15) is 0 Å². The van der Waals surface area contributed by atoms with Gasteiger partial charge in [0.25, 0.3) is 0 Å². The largest absolute Gasteiger partial charge is 0.473 e. The third-order valence-electron chi connectivity index (χ3n) is 2.67. The maximum atomic E-state index is 6.08. The molecule has 0 aliphatic rings. The van der Waals surface area contributed by atoms with Gasteiger partial charge in [0.1, 0.15) is 6.61 Å². The van der Waals surface area contributed by atoms with Crippen LogP contribution in [0.1, 0.15) is 18.2 Å². The van der Waals surface area contributed by atoms with Crippen molar-refractivity contribution in [3.63, 3.8) is 0 Å². The molecule has 2 aromatic rings. The Morgan fingerprint density at radius 1 is 1.16 bits per heavy atom. The first-order chi connectivity index (χ1) is 9.29. The van der Waals surface area contributed by atoms with Crippen LogP contribution in [0.15, 0.2) is 42.5 Å². The number of hydrogen-bond acceptors (Lipinski definition) is 3. The van der Waals surface area contributed by atoms with Crippen LogP contribution in [0.5, 0.6) is 5.88 Å². The Bertz CT molecular complexity index is 531. The van der Waals surface area contributed by atoms with E-state index in [1.165, 1.54) is 0 Å². The lowest BCUT2D eigenvalue weighted by Gasteiger charge is -2.08. The molecule has 0 radical (unpaired) electrons. The summed E-state index contributed by atoms with van der Waals surface area (Å²) in [5, 5.41) is 3.95. The average Bonchev–Trinajstić information content (AvgIpc) is 2.45. The highest BCUT2D eigenvalue weighted by atomic mass is 35.5. The molecule has 4 heteroatoms. The van der Waals surface area contributed by atoms with E-state index in [2.05, 4.69) is 17.2 Å². The molecule has 0 atom stereocenters. The zero-order chi connectivity index (χ0) is 13.5. The van der Waals surface area contributed by atoms with Crippen LogP contribution in [0, 0.1) is 0 Å². The van der Waals surface area contributed by atoms with Crippen LogP contribution in [0.2, 0.25) is 5.02 Å². The van der Waals surface area contributed by atoms with E-state index in [1.54, 1.807) is 0 Å². The van der Waals surface area contributed by atoms with Crippen molar-refractivity contribution >= 4 is 11.6 Å². The lowest BCUT2D eigenvalue weighted by Crippen LogP contribution is -2.13. The Labute approximate surface area is 118 Å². The number of rotatable bonds is 6. The van der Waals surface area contributed by atoms with Crippen molar-refractivity contribution in [3.8, 4) is 5.88 Å². The smallest absolute Gasteiger partial charge is 0.213 e. The van der Waals surface area contributed by atoms with E-state index in [0.717, 1.165) is 24.3 Å². The van der Waals surface area contributed by atoms with Gasteiger partial charge in [-0.25, -0.2) is 4.98 Å². The summed E-state index contributed by atoms with van der Waals surface area (Å²) in [6.07, 6.45) is 0. The summed E-state index contributed by atoms with van der Waals surface area (Å²) in [6.45, 7) is 4.17. The van der Waals surface area contributed by atoms with Gasteiger partial charge in [0.05, 0.1) is 5.69 Å². The second-order valence-corrected chi connectivity index (χ2v) is 4.53. The molecule has 0 aliphatic heterocycles. The van der Waals surface area contributed by atoms with Gasteiger partial charge < -0.3 is 10.1 Å². The highest BCUT2D eigenvalue weighted by molar-refractivity contribution is 6.31. The predicted molar refractivity (Wildman–Crippen MR) is 77.4 cm³/mol. The third kappa shape index (κ3) is 4.23. The van der Waals surface area contributed by atoms with Crippen LogP contribution in [-0.4, -0.2) is 11.5 Å². The molecule has 1 heterocycles. The molecule has 19 heavy (non-hydrogen) atoms. The highest BCUT2D eigenvalue weighted by Crippen LogP contribution is 2.17. The first kappa shape index (κ1) is 13.8. The van der Waals surface area contributed by atoms with Crippen molar-refractivity contribution in [1.82, 2.24) is 10.3 Å². The van der Waals surface area contributed by atoms with Gasteiger partial charge in [-0.3, -0.25) is 0 Å². The molecule has 0 spiro atoms. The third-order valence-corrected chi connectivity index (χ3v) is 3.04. The van der Waals surface area contributed by atoms with Crippen molar-refractivity contribution in [2.75, 3.05) is 6.54 Å². The Kier molecular flexibility index (Phi) is 5.19. The minimum Gasteiger partial charge on any atom is -0.473 e. The Hall–Kier alpha value is -1.58. The summed E-state index contributed by atoms with van der Waals surface area (Å²) in [4.78, 5) is 4.43. The number of nitrogens with one attached hydrogen (secondary N) is 1. The summed E-state index contributed by atoms with van der Waals surface area (Å²) in [5.74, 6) is 0.621. The molecule has 2 rings (SSSR count). The zero-order valence-corrected chi connectivity index (χ0v) is 11.7. The number of aromatic nitrogens is 1. The number of hydrogen-bond donors (Lipinski definition) is 1. The van der Waals surface area contributed by atoms with Crippen LogP contribution in [0.25, 0.3) is 0 Å². The van der Waals surface area contributed by atoms with Gasteiger partial charge in [0, 0.05) is 23.2 Å². The van der Waals surface area contributed by atoms with Crippen LogP contribution < -0.4 is 10.1 Å². The molecule has 1 aromatic heterocycles. The van der Waals surface area contributed by atoms with Crippen molar-refractivity contribution in [1.29, 1.82) is 0 Å². The number of nitrogens with zero attached hydrogens (tertiary/aromatic N) is 1. The minimum atomic E-state index is 0.428. The second-order valence-electron chi connectivity index (χ2n) is 4.13. The first-order valence-electron chi connectivity index (χ1n) is 6.32. The Balaban J connectivity index is 1.98. The normalized spacial score (nSPS) is 10.4. The van der Waals surface area contributed by atoms with E-state index in [1.807, 2.05) is 42.5 Å². The van der Waals surface area contributed by atoms with E-state index in [0.29, 0.717) is 17.5 Å². The van der Waals surface area contributed by atoms with Crippen molar-refractivity contribution in [3.05, 3.63) is 58.7 Å². The zero-order valence-electron chi connectivity index (χ0n) is 10.9. The Morgan fingerprint density at radius 2 is 2.00 bits per heavy atom. The number of halogens is 1. The number of pyridine rings is 1. The summed E-state index contributed by atoms with van der Waals surface area (Å²) in [6, 6.07) is 13.4. The van der Waals surface area contributed by atoms with Crippen LogP contribution in [0.3, 0.4) is 0 Å². The standard InChI is InChI=1S/C15H17ClN2O/c1-2-17-10-13-7-5-9-15(18-13)19-11-12-6-3-4-8-14(12)16/h3-9,17H,2,10-11H2,1H3. The molecular formula is C15H17ClN2O. The fourth-order valence-corrected chi connectivity index (χ4v) is 1.85. The predicted octanol–water partition coefficient (Wildman–Crippen LogP) is 3.42. The summed E-state index contributed by atoms with van der Waals surface area (Å²) >= 11 is 6.08. The first-order valence-corrected chi connectivity index (χ1v) is 6.70. The van der Waals surface area contributed by atoms with E-state index >= 15 is 0 Å². The minimum absolute atomic E-state index is 0.428. The summed E-state index contributed by atoms with van der Waals surface area (Å²) in [7, 11) is 0. The van der Waals surface area contributed by atoms with Crippen LogP contribution >= 0.6 is 11.6 Å². The average molecular weight is 277 g/mol. The van der Waals surface area contributed by atoms with Gasteiger partial charge >= 0.3 is 0 Å². The maximum absolute atomic E-state index is 6.08. The number of ether oxygens (including phenoxy) is 1. The Morgan fingerprint density at radius 3 is 2.79 bits per heavy atom. The second kappa shape index (κ2) is 7.12. The van der Waals surface area contributed by atoms with Crippen LogP contribution in [-0.2, 0) is 13.2 Å². The molecule has 0 saturated heterocycles. The molecule has 3 nitrogen and oxygen atoms in total. The summed E-state index contributed by atoms with van der Waals surface area (Å²) in [5.41, 5.74) is 1.93. The fraction of sp³-hybridized carbons (Fsp3) is 0.267. The topological polar surface area (TPSA) is 34.1 Å². The monoisotopic (exact) mass is 276 g/mol. The highest BCUT2D eigenvalue weighted by Gasteiger charge is 2.02. The quantitative estimate of drug-likeness (QED) is 0.878. The molecule has 0 saturated carbocycles. The van der Waals surface area contributed by atoms with Crippen molar-refractivity contribution < 1.29 is 4.74 Å². The molecule has 0 unspecified atom stereocenters. The SMILES string of the molecule is CCNCc1cccc(OCc2ccccc2Cl)n1. The molecule has 0 aliphatic carbocycles. The lowest BCUT2D eigenvalue weighted by atomic mass is 10.2. The lowest BCUT2D eigenvalue weighted by molar-refractivity contribution is 0.293. The van der Waals surface area contributed by atoms with Gasteiger partial charge in [0.2, 0.25) is 5.88 Å². The fourth-order valence-electron chi connectivity index (χ4n) is 1.66. The van der Waals surface area contributed by atoms with Gasteiger partial charge in [-0.05, 0) is 18.7 Å².